The topological polar surface area (TPSA) is 205 Å². The normalized spacial score (nSPS) is 18.6. The van der Waals surface area contributed by atoms with E-state index in [1.807, 2.05) is 0 Å². The number of ether oxygens (including phenoxy) is 1. The molecule has 0 bridgehead atoms. The summed E-state index contributed by atoms with van der Waals surface area (Å²) in [6.07, 6.45) is -0.951. The quantitative estimate of drug-likeness (QED) is 0.202. The molecule has 220 valence electrons. The summed E-state index contributed by atoms with van der Waals surface area (Å²) in [5, 5.41) is 17.4. The van der Waals surface area contributed by atoms with Gasteiger partial charge in [0.05, 0.1) is 10.9 Å². The van der Waals surface area contributed by atoms with Crippen molar-refractivity contribution in [2.75, 3.05) is 13.2 Å². The summed E-state index contributed by atoms with van der Waals surface area (Å²) in [5.41, 5.74) is -2.41. The molecule has 1 aliphatic rings. The molecule has 0 spiro atoms. The Morgan fingerprint density at radius 2 is 1.74 bits per heavy atom. The van der Waals surface area contributed by atoms with Gasteiger partial charge in [0, 0.05) is 12.5 Å². The van der Waals surface area contributed by atoms with Crippen LogP contribution in [0.4, 0.5) is 4.79 Å². The first-order valence-electron chi connectivity index (χ1n) is 12.4. The van der Waals surface area contributed by atoms with E-state index in [4.69, 9.17) is 4.74 Å². The number of aliphatic hydroxyl groups excluding tert-OH is 1. The minimum Gasteiger partial charge on any atom is -0.448 e. The fraction of sp³-hybridized carbons (Fsp3) is 0.625. The first kappa shape index (κ1) is 32.5. The molecule has 0 unspecified atom stereocenters. The molecule has 0 saturated carbocycles. The first-order valence-corrected chi connectivity index (χ1v) is 15.4. The van der Waals surface area contributed by atoms with Crippen LogP contribution in [0.1, 0.15) is 47.0 Å². The molecule has 1 heterocycles. The standard InChI is InChI=1S/C24H37N3O10S2/c1-15(2)12-18(21(29)26-19(22(30)39(34,35)36)13-16-10-11-25-20(16)28)27-23(31)37-14-24(3,4)38(32,33)17-8-6-5-7-9-17/h5-9,15-16,18-19,22,30H,10-14H2,1-4H3,(H,25,28)(H,26,29)(H,27,31)(H,34,35,36)/t16-,18-,19-,22+/m0/s1. The molecule has 3 amide bonds. The molecule has 0 radical (unpaired) electrons. The molecule has 15 heteroatoms. The van der Waals surface area contributed by atoms with Crippen molar-refractivity contribution in [3.05, 3.63) is 30.3 Å². The Bertz CT molecular complexity index is 1230. The summed E-state index contributed by atoms with van der Waals surface area (Å²) in [6.45, 7) is 6.11. The maximum absolute atomic E-state index is 13.1. The smallest absolute Gasteiger partial charge is 0.407 e. The van der Waals surface area contributed by atoms with E-state index < -0.39 is 66.7 Å². The first-order chi connectivity index (χ1) is 18.0. The Labute approximate surface area is 228 Å². The number of hydrogen-bond acceptors (Lipinski definition) is 9. The maximum atomic E-state index is 13.1. The molecule has 0 aliphatic carbocycles. The summed E-state index contributed by atoms with van der Waals surface area (Å²) in [6, 6.07) is 4.83. The van der Waals surface area contributed by atoms with Crippen molar-refractivity contribution in [3.63, 3.8) is 0 Å². The molecule has 1 aromatic rings. The van der Waals surface area contributed by atoms with E-state index in [0.29, 0.717) is 13.0 Å². The minimum atomic E-state index is -5.00. The molecule has 5 N–H and O–H groups in total. The third-order valence-electron chi connectivity index (χ3n) is 6.33. The zero-order valence-electron chi connectivity index (χ0n) is 22.3. The number of sulfone groups is 1. The van der Waals surface area contributed by atoms with Gasteiger partial charge in [0.15, 0.2) is 9.84 Å². The van der Waals surface area contributed by atoms with Gasteiger partial charge < -0.3 is 25.8 Å². The second-order valence-electron chi connectivity index (χ2n) is 10.5. The number of carbonyl (C=O) groups is 3. The van der Waals surface area contributed by atoms with Crippen molar-refractivity contribution in [3.8, 4) is 0 Å². The maximum Gasteiger partial charge on any atom is 0.407 e. The van der Waals surface area contributed by atoms with E-state index >= 15 is 0 Å². The highest BCUT2D eigenvalue weighted by atomic mass is 32.2. The van der Waals surface area contributed by atoms with Crippen LogP contribution in [0.25, 0.3) is 0 Å². The lowest BCUT2D eigenvalue weighted by Crippen LogP contribution is -2.55. The van der Waals surface area contributed by atoms with Crippen molar-refractivity contribution in [1.29, 1.82) is 0 Å². The Kier molecular flexibility index (Phi) is 10.9. The monoisotopic (exact) mass is 591 g/mol. The number of alkyl carbamates (subject to hydrolysis) is 1. The van der Waals surface area contributed by atoms with Crippen molar-refractivity contribution in [2.24, 2.45) is 11.8 Å². The van der Waals surface area contributed by atoms with E-state index in [-0.39, 0.29) is 29.6 Å². The van der Waals surface area contributed by atoms with Crippen LogP contribution in [0.2, 0.25) is 0 Å². The molecule has 39 heavy (non-hydrogen) atoms. The molecular formula is C24H37N3O10S2. The molecule has 1 fully saturated rings. The van der Waals surface area contributed by atoms with Crippen LogP contribution >= 0.6 is 0 Å². The van der Waals surface area contributed by atoms with E-state index in [0.717, 1.165) is 0 Å². The summed E-state index contributed by atoms with van der Waals surface area (Å²) in [7, 11) is -8.88. The van der Waals surface area contributed by atoms with Crippen LogP contribution in [0, 0.1) is 11.8 Å². The number of amides is 3. The molecule has 1 aliphatic heterocycles. The average Bonchev–Trinajstić information content (AvgIpc) is 3.25. The van der Waals surface area contributed by atoms with Gasteiger partial charge in [-0.05, 0) is 51.2 Å². The highest BCUT2D eigenvalue weighted by Gasteiger charge is 2.39. The van der Waals surface area contributed by atoms with Gasteiger partial charge in [0.2, 0.25) is 17.3 Å². The van der Waals surface area contributed by atoms with Gasteiger partial charge in [-0.2, -0.15) is 8.42 Å². The molecule has 1 aromatic carbocycles. The molecule has 4 atom stereocenters. The lowest BCUT2D eigenvalue weighted by molar-refractivity contribution is -0.126. The Hall–Kier alpha value is -2.75. The number of hydrogen-bond donors (Lipinski definition) is 5. The van der Waals surface area contributed by atoms with Crippen molar-refractivity contribution >= 4 is 37.9 Å². The molecule has 1 saturated heterocycles. The van der Waals surface area contributed by atoms with Gasteiger partial charge in [0.25, 0.3) is 10.1 Å². The number of nitrogens with one attached hydrogen (secondary N) is 3. The van der Waals surface area contributed by atoms with E-state index in [9.17, 15) is 40.9 Å². The Balaban J connectivity index is 2.13. The van der Waals surface area contributed by atoms with Crippen LogP contribution in [0.5, 0.6) is 0 Å². The highest BCUT2D eigenvalue weighted by molar-refractivity contribution is 7.92. The molecule has 2 rings (SSSR count). The number of carbonyl (C=O) groups excluding carboxylic acids is 3. The summed E-state index contributed by atoms with van der Waals surface area (Å²) >= 11 is 0. The van der Waals surface area contributed by atoms with Crippen molar-refractivity contribution in [1.82, 2.24) is 16.0 Å². The lowest BCUT2D eigenvalue weighted by Gasteiger charge is -2.28. The molecular weight excluding hydrogens is 554 g/mol. The minimum absolute atomic E-state index is 0.0513. The molecule has 13 nitrogen and oxygen atoms in total. The van der Waals surface area contributed by atoms with E-state index in [1.54, 1.807) is 32.0 Å². The van der Waals surface area contributed by atoms with Crippen LogP contribution < -0.4 is 16.0 Å². The van der Waals surface area contributed by atoms with Crippen molar-refractivity contribution < 1.29 is 45.6 Å². The predicted octanol–water partition coefficient (Wildman–Crippen LogP) is 0.597. The second kappa shape index (κ2) is 13.1. The van der Waals surface area contributed by atoms with Crippen LogP contribution in [0.15, 0.2) is 35.2 Å². The van der Waals surface area contributed by atoms with Crippen LogP contribution in [-0.2, 0) is 34.3 Å². The summed E-state index contributed by atoms with van der Waals surface area (Å²) in [4.78, 5) is 37.7. The zero-order valence-corrected chi connectivity index (χ0v) is 23.9. The average molecular weight is 592 g/mol. The second-order valence-corrected chi connectivity index (χ2v) is 14.6. The van der Waals surface area contributed by atoms with Gasteiger partial charge in [-0.3, -0.25) is 14.1 Å². The highest BCUT2D eigenvalue weighted by Crippen LogP contribution is 2.26. The molecule has 0 aromatic heterocycles. The zero-order chi connectivity index (χ0) is 29.6. The number of rotatable bonds is 13. The summed E-state index contributed by atoms with van der Waals surface area (Å²) < 4.78 is 62.2. The fourth-order valence-electron chi connectivity index (χ4n) is 4.04. The Morgan fingerprint density at radius 1 is 1.13 bits per heavy atom. The van der Waals surface area contributed by atoms with Crippen LogP contribution in [0.3, 0.4) is 0 Å². The Morgan fingerprint density at radius 3 is 2.26 bits per heavy atom. The number of aliphatic hydroxyl groups is 1. The largest absolute Gasteiger partial charge is 0.448 e. The van der Waals surface area contributed by atoms with Gasteiger partial charge in [-0.1, -0.05) is 32.0 Å². The predicted molar refractivity (Wildman–Crippen MR) is 141 cm³/mol. The van der Waals surface area contributed by atoms with Gasteiger partial charge in [-0.15, -0.1) is 0 Å². The van der Waals surface area contributed by atoms with Crippen molar-refractivity contribution in [2.45, 2.75) is 74.1 Å². The van der Waals surface area contributed by atoms with Crippen LogP contribution in [-0.4, -0.2) is 79.8 Å². The van der Waals surface area contributed by atoms with Gasteiger partial charge >= 0.3 is 6.09 Å². The summed E-state index contributed by atoms with van der Waals surface area (Å²) in [5.74, 6) is -2.11. The van der Waals surface area contributed by atoms with Gasteiger partial charge in [0.1, 0.15) is 17.4 Å². The SMILES string of the molecule is CC(C)C[C@H](NC(=O)OCC(C)(C)S(=O)(=O)c1ccccc1)C(=O)N[C@@H](C[C@@H]1CCNC1=O)[C@H](O)S(=O)(=O)O. The van der Waals surface area contributed by atoms with E-state index in [2.05, 4.69) is 16.0 Å². The van der Waals surface area contributed by atoms with Gasteiger partial charge in [-0.25, -0.2) is 13.2 Å². The van der Waals surface area contributed by atoms with E-state index in [1.165, 1.54) is 26.0 Å². The third-order valence-corrected chi connectivity index (χ3v) is 9.73. The third kappa shape index (κ3) is 8.88. The fourth-order valence-corrected chi connectivity index (χ4v) is 6.00. The lowest BCUT2D eigenvalue weighted by atomic mass is 9.97. The number of benzene rings is 1.